The second-order valence-corrected chi connectivity index (χ2v) is 3.65. The number of nitriles is 1. The number of carboxylic acid groups (broad SMARTS) is 1. The molecule has 82 valence electrons. The first-order valence-electron chi connectivity index (χ1n) is 4.94. The van der Waals surface area contributed by atoms with Gasteiger partial charge < -0.3 is 5.11 Å². The van der Waals surface area contributed by atoms with Crippen LogP contribution in [-0.4, -0.2) is 11.1 Å². The standard InChI is InChI=1S/C13H13NO2/c1-9-6-11(8-14)7-10(2)12(9)4-3-5-13(15)16/h3,5-7H,4H2,1-2H3,(H,15,16)/b5-3+. The fourth-order valence-electron chi connectivity index (χ4n) is 1.66. The van der Waals surface area contributed by atoms with Gasteiger partial charge in [-0.3, -0.25) is 0 Å². The highest BCUT2D eigenvalue weighted by Gasteiger charge is 2.03. The number of benzene rings is 1. The lowest BCUT2D eigenvalue weighted by molar-refractivity contribution is -0.131. The number of hydrogen-bond acceptors (Lipinski definition) is 2. The van der Waals surface area contributed by atoms with Crippen molar-refractivity contribution in [2.75, 3.05) is 0 Å². The van der Waals surface area contributed by atoms with E-state index in [1.807, 2.05) is 26.0 Å². The van der Waals surface area contributed by atoms with Crippen molar-refractivity contribution >= 4 is 5.97 Å². The molecule has 3 heteroatoms. The minimum atomic E-state index is -0.941. The van der Waals surface area contributed by atoms with Crippen LogP contribution in [0.1, 0.15) is 22.3 Å². The molecule has 0 aromatic heterocycles. The molecule has 0 saturated heterocycles. The Morgan fingerprint density at radius 1 is 1.44 bits per heavy atom. The van der Waals surface area contributed by atoms with Crippen molar-refractivity contribution in [2.45, 2.75) is 20.3 Å². The van der Waals surface area contributed by atoms with Crippen molar-refractivity contribution in [3.63, 3.8) is 0 Å². The van der Waals surface area contributed by atoms with Crippen LogP contribution in [-0.2, 0) is 11.2 Å². The summed E-state index contributed by atoms with van der Waals surface area (Å²) in [5.41, 5.74) is 3.76. The molecule has 0 aliphatic rings. The highest BCUT2D eigenvalue weighted by Crippen LogP contribution is 2.17. The van der Waals surface area contributed by atoms with E-state index in [1.54, 1.807) is 6.08 Å². The Morgan fingerprint density at radius 2 is 2.00 bits per heavy atom. The normalized spacial score (nSPS) is 10.3. The summed E-state index contributed by atoms with van der Waals surface area (Å²) in [6.07, 6.45) is 3.33. The zero-order chi connectivity index (χ0) is 12.1. The molecule has 0 heterocycles. The molecule has 3 nitrogen and oxygen atoms in total. The second-order valence-electron chi connectivity index (χ2n) is 3.65. The highest BCUT2D eigenvalue weighted by atomic mass is 16.4. The van der Waals surface area contributed by atoms with E-state index in [0.717, 1.165) is 22.8 Å². The number of allylic oxidation sites excluding steroid dienone is 1. The number of hydrogen-bond donors (Lipinski definition) is 1. The molecule has 0 bridgehead atoms. The van der Waals surface area contributed by atoms with Crippen molar-refractivity contribution < 1.29 is 9.90 Å². The molecular weight excluding hydrogens is 202 g/mol. The molecule has 1 aromatic rings. The molecule has 1 N–H and O–H groups in total. The van der Waals surface area contributed by atoms with Gasteiger partial charge in [-0.15, -0.1) is 0 Å². The van der Waals surface area contributed by atoms with Crippen LogP contribution in [0.3, 0.4) is 0 Å². The van der Waals surface area contributed by atoms with Gasteiger partial charge in [0, 0.05) is 6.08 Å². The van der Waals surface area contributed by atoms with Gasteiger partial charge in [0.1, 0.15) is 0 Å². The summed E-state index contributed by atoms with van der Waals surface area (Å²) in [4.78, 5) is 10.3. The Bertz CT molecular complexity index is 458. The predicted octanol–water partition coefficient (Wildman–Crippen LogP) is 2.36. The highest BCUT2D eigenvalue weighted by molar-refractivity contribution is 5.79. The molecule has 0 radical (unpaired) electrons. The maximum absolute atomic E-state index is 10.3. The summed E-state index contributed by atoms with van der Waals surface area (Å²) in [6, 6.07) is 5.73. The predicted molar refractivity (Wildman–Crippen MR) is 61.1 cm³/mol. The van der Waals surface area contributed by atoms with E-state index in [0.29, 0.717) is 12.0 Å². The van der Waals surface area contributed by atoms with Crippen LogP contribution < -0.4 is 0 Å². The third-order valence-corrected chi connectivity index (χ3v) is 2.41. The van der Waals surface area contributed by atoms with Gasteiger partial charge in [-0.2, -0.15) is 5.26 Å². The van der Waals surface area contributed by atoms with Gasteiger partial charge in [0.05, 0.1) is 11.6 Å². The summed E-state index contributed by atoms with van der Waals surface area (Å²) in [5, 5.41) is 17.3. The molecule has 0 spiro atoms. The van der Waals surface area contributed by atoms with Crippen LogP contribution in [0, 0.1) is 25.2 Å². The van der Waals surface area contributed by atoms with Crippen LogP contribution in [0.25, 0.3) is 0 Å². The molecule has 1 rings (SSSR count). The summed E-state index contributed by atoms with van der Waals surface area (Å²) in [6.45, 7) is 3.86. The van der Waals surface area contributed by atoms with Crippen molar-refractivity contribution in [1.82, 2.24) is 0 Å². The van der Waals surface area contributed by atoms with Gasteiger partial charge in [-0.25, -0.2) is 4.79 Å². The van der Waals surface area contributed by atoms with Crippen LogP contribution in [0.4, 0.5) is 0 Å². The summed E-state index contributed by atoms with van der Waals surface area (Å²) >= 11 is 0. The summed E-state index contributed by atoms with van der Waals surface area (Å²) in [7, 11) is 0. The van der Waals surface area contributed by atoms with E-state index < -0.39 is 5.97 Å². The van der Waals surface area contributed by atoms with Crippen LogP contribution in [0.15, 0.2) is 24.3 Å². The lowest BCUT2D eigenvalue weighted by atomic mass is 9.97. The van der Waals surface area contributed by atoms with E-state index in [4.69, 9.17) is 10.4 Å². The van der Waals surface area contributed by atoms with E-state index >= 15 is 0 Å². The first kappa shape index (κ1) is 12.0. The average Bonchev–Trinajstić information content (AvgIpc) is 2.21. The molecule has 0 aliphatic carbocycles. The lowest BCUT2D eigenvalue weighted by Gasteiger charge is -2.07. The number of carbonyl (C=O) groups is 1. The maximum Gasteiger partial charge on any atom is 0.327 e. The van der Waals surface area contributed by atoms with Crippen LogP contribution in [0.5, 0.6) is 0 Å². The second kappa shape index (κ2) is 5.13. The number of aryl methyl sites for hydroxylation is 2. The smallest absolute Gasteiger partial charge is 0.327 e. The van der Waals surface area contributed by atoms with Gasteiger partial charge in [0.2, 0.25) is 0 Å². The first-order chi connectivity index (χ1) is 7.54. The topological polar surface area (TPSA) is 61.1 Å². The zero-order valence-corrected chi connectivity index (χ0v) is 9.32. The molecular formula is C13H13NO2. The van der Waals surface area contributed by atoms with Crippen molar-refractivity contribution in [2.24, 2.45) is 0 Å². The van der Waals surface area contributed by atoms with Crippen molar-refractivity contribution in [1.29, 1.82) is 5.26 Å². The number of nitrogens with zero attached hydrogens (tertiary/aromatic N) is 1. The monoisotopic (exact) mass is 215 g/mol. The van der Waals surface area contributed by atoms with E-state index in [2.05, 4.69) is 6.07 Å². The molecule has 0 aliphatic heterocycles. The summed E-state index contributed by atoms with van der Waals surface area (Å²) < 4.78 is 0. The van der Waals surface area contributed by atoms with Gasteiger partial charge in [0.25, 0.3) is 0 Å². The lowest BCUT2D eigenvalue weighted by Crippen LogP contribution is -1.95. The third kappa shape index (κ3) is 2.96. The molecule has 0 fully saturated rings. The molecule has 0 amide bonds. The Labute approximate surface area is 94.6 Å². The Morgan fingerprint density at radius 3 is 2.44 bits per heavy atom. The summed E-state index contributed by atoms with van der Waals surface area (Å²) in [5.74, 6) is -0.941. The fourth-order valence-corrected chi connectivity index (χ4v) is 1.66. The van der Waals surface area contributed by atoms with E-state index in [9.17, 15) is 4.79 Å². The largest absolute Gasteiger partial charge is 0.478 e. The van der Waals surface area contributed by atoms with Gasteiger partial charge in [0.15, 0.2) is 0 Å². The van der Waals surface area contributed by atoms with Crippen molar-refractivity contribution in [3.8, 4) is 6.07 Å². The van der Waals surface area contributed by atoms with E-state index in [-0.39, 0.29) is 0 Å². The molecule has 0 unspecified atom stereocenters. The number of rotatable bonds is 3. The molecule has 16 heavy (non-hydrogen) atoms. The maximum atomic E-state index is 10.3. The Hall–Kier alpha value is -2.08. The molecule has 0 atom stereocenters. The van der Waals surface area contributed by atoms with Gasteiger partial charge >= 0.3 is 5.97 Å². The number of carboxylic acids is 1. The van der Waals surface area contributed by atoms with Gasteiger partial charge in [-0.05, 0) is 49.1 Å². The molecule has 0 saturated carbocycles. The van der Waals surface area contributed by atoms with Crippen LogP contribution in [0.2, 0.25) is 0 Å². The minimum Gasteiger partial charge on any atom is -0.478 e. The zero-order valence-electron chi connectivity index (χ0n) is 9.32. The van der Waals surface area contributed by atoms with Crippen LogP contribution >= 0.6 is 0 Å². The third-order valence-electron chi connectivity index (χ3n) is 2.41. The van der Waals surface area contributed by atoms with Gasteiger partial charge in [-0.1, -0.05) is 6.08 Å². The fraction of sp³-hybridized carbons (Fsp3) is 0.231. The minimum absolute atomic E-state index is 0.579. The number of aliphatic carboxylic acids is 1. The average molecular weight is 215 g/mol. The first-order valence-corrected chi connectivity index (χ1v) is 4.94. The Kier molecular flexibility index (Phi) is 3.84. The van der Waals surface area contributed by atoms with E-state index in [1.165, 1.54) is 0 Å². The molecule has 1 aromatic carbocycles. The quantitative estimate of drug-likeness (QED) is 0.787. The SMILES string of the molecule is Cc1cc(C#N)cc(C)c1C/C=C/C(=O)O. The van der Waals surface area contributed by atoms with Crippen molar-refractivity contribution in [3.05, 3.63) is 46.5 Å². The Balaban J connectivity index is 2.98.